The van der Waals surface area contributed by atoms with Crippen molar-refractivity contribution in [3.63, 3.8) is 0 Å². The summed E-state index contributed by atoms with van der Waals surface area (Å²) in [6, 6.07) is 13.3. The molecule has 2 amide bonds. The summed E-state index contributed by atoms with van der Waals surface area (Å²) < 4.78 is 31.9. The number of sulfonamides is 1. The largest absolute Gasteiger partial charge is 0.494 e. The summed E-state index contributed by atoms with van der Waals surface area (Å²) >= 11 is 0. The molecular formula is C26H37N3O5S. The molecule has 0 aliphatic carbocycles. The molecule has 9 heteroatoms. The normalized spacial score (nSPS) is 12.2. The first-order chi connectivity index (χ1) is 16.5. The smallest absolute Gasteiger partial charge is 0.244 e. The highest BCUT2D eigenvalue weighted by molar-refractivity contribution is 7.92. The zero-order chi connectivity index (χ0) is 26.2. The van der Waals surface area contributed by atoms with Gasteiger partial charge >= 0.3 is 0 Å². The Morgan fingerprint density at radius 3 is 2.17 bits per heavy atom. The van der Waals surface area contributed by atoms with Crippen molar-refractivity contribution < 1.29 is 22.7 Å². The van der Waals surface area contributed by atoms with Crippen molar-refractivity contribution in [3.8, 4) is 5.75 Å². The molecule has 2 rings (SSSR count). The molecule has 0 saturated heterocycles. The number of amides is 2. The summed E-state index contributed by atoms with van der Waals surface area (Å²) in [6.07, 6.45) is 1.45. The third-order valence-corrected chi connectivity index (χ3v) is 6.67. The number of benzene rings is 2. The van der Waals surface area contributed by atoms with E-state index >= 15 is 0 Å². The van der Waals surface area contributed by atoms with E-state index in [0.717, 1.165) is 21.7 Å². The number of hydrogen-bond acceptors (Lipinski definition) is 5. The van der Waals surface area contributed by atoms with Crippen LogP contribution in [0.1, 0.15) is 45.2 Å². The van der Waals surface area contributed by atoms with E-state index in [2.05, 4.69) is 5.32 Å². The Hall–Kier alpha value is -3.07. The lowest BCUT2D eigenvalue weighted by Crippen LogP contribution is -2.53. The molecule has 0 aromatic heterocycles. The second-order valence-electron chi connectivity index (χ2n) is 8.73. The molecule has 8 nitrogen and oxygen atoms in total. The first kappa shape index (κ1) is 28.2. The Bertz CT molecular complexity index is 1100. The van der Waals surface area contributed by atoms with Crippen LogP contribution >= 0.6 is 0 Å². The Morgan fingerprint density at radius 2 is 1.66 bits per heavy atom. The third kappa shape index (κ3) is 7.99. The maximum Gasteiger partial charge on any atom is 0.244 e. The van der Waals surface area contributed by atoms with E-state index in [-0.39, 0.29) is 18.5 Å². The number of nitrogens with zero attached hydrogens (tertiary/aromatic N) is 2. The quantitative estimate of drug-likeness (QED) is 0.478. The standard InChI is InChI=1S/C26H37N3O5S/c1-7-24(26(31)27-19(3)4)28(17-21-12-10-9-11-20(21)5)25(30)18-29(35(6,32)33)22-13-15-23(16-14-22)34-8-2/h9-16,19,24H,7-8,17-18H2,1-6H3,(H,27,31)/t24-/m1/s1. The summed E-state index contributed by atoms with van der Waals surface area (Å²) in [7, 11) is -3.78. The zero-order valence-corrected chi connectivity index (χ0v) is 22.3. The van der Waals surface area contributed by atoms with Gasteiger partial charge in [0, 0.05) is 12.6 Å². The second-order valence-corrected chi connectivity index (χ2v) is 10.6. The van der Waals surface area contributed by atoms with Crippen LogP contribution in [0.25, 0.3) is 0 Å². The zero-order valence-electron chi connectivity index (χ0n) is 21.4. The summed E-state index contributed by atoms with van der Waals surface area (Å²) in [5.74, 6) is -0.122. The van der Waals surface area contributed by atoms with Crippen LogP contribution < -0.4 is 14.4 Å². The van der Waals surface area contributed by atoms with Crippen molar-refractivity contribution in [3.05, 3.63) is 59.7 Å². The summed E-state index contributed by atoms with van der Waals surface area (Å²) in [5, 5.41) is 2.88. The lowest BCUT2D eigenvalue weighted by atomic mass is 10.1. The van der Waals surface area contributed by atoms with Gasteiger partial charge in [0.05, 0.1) is 18.6 Å². The highest BCUT2D eigenvalue weighted by Gasteiger charge is 2.32. The fourth-order valence-electron chi connectivity index (χ4n) is 3.76. The third-order valence-electron chi connectivity index (χ3n) is 5.53. The van der Waals surface area contributed by atoms with Crippen molar-refractivity contribution in [1.29, 1.82) is 0 Å². The molecule has 0 heterocycles. The van der Waals surface area contributed by atoms with E-state index in [1.807, 2.05) is 58.9 Å². The van der Waals surface area contributed by atoms with Crippen LogP contribution in [0.15, 0.2) is 48.5 Å². The van der Waals surface area contributed by atoms with Crippen molar-refractivity contribution >= 4 is 27.5 Å². The first-order valence-electron chi connectivity index (χ1n) is 11.8. The van der Waals surface area contributed by atoms with Gasteiger partial charge in [-0.05, 0) is 69.5 Å². The van der Waals surface area contributed by atoms with Crippen LogP contribution in [-0.2, 0) is 26.2 Å². The van der Waals surface area contributed by atoms with E-state index < -0.39 is 28.5 Å². The van der Waals surface area contributed by atoms with Crippen molar-refractivity contribution in [1.82, 2.24) is 10.2 Å². The number of ether oxygens (including phenoxy) is 1. The topological polar surface area (TPSA) is 96.0 Å². The Labute approximate surface area is 209 Å². The molecule has 0 aliphatic heterocycles. The molecule has 0 fully saturated rings. The predicted molar refractivity (Wildman–Crippen MR) is 139 cm³/mol. The van der Waals surface area contributed by atoms with Gasteiger partial charge in [0.1, 0.15) is 18.3 Å². The van der Waals surface area contributed by atoms with Gasteiger partial charge in [-0.15, -0.1) is 0 Å². The van der Waals surface area contributed by atoms with Crippen LogP contribution in [0.5, 0.6) is 5.75 Å². The van der Waals surface area contributed by atoms with Gasteiger partial charge in [0.2, 0.25) is 21.8 Å². The molecule has 0 bridgehead atoms. The predicted octanol–water partition coefficient (Wildman–Crippen LogP) is 3.49. The molecule has 192 valence electrons. The minimum atomic E-state index is -3.78. The minimum Gasteiger partial charge on any atom is -0.494 e. The van der Waals surface area contributed by atoms with Crippen molar-refractivity contribution in [2.75, 3.05) is 23.7 Å². The van der Waals surface area contributed by atoms with E-state index in [1.54, 1.807) is 24.3 Å². The lowest BCUT2D eigenvalue weighted by Gasteiger charge is -2.33. The Morgan fingerprint density at radius 1 is 1.03 bits per heavy atom. The van der Waals surface area contributed by atoms with E-state index in [4.69, 9.17) is 4.74 Å². The number of anilines is 1. The Kier molecular flexibility index (Phi) is 10.1. The molecule has 0 aliphatic rings. The highest BCUT2D eigenvalue weighted by Crippen LogP contribution is 2.23. The van der Waals surface area contributed by atoms with Gasteiger partial charge in [-0.25, -0.2) is 8.42 Å². The minimum absolute atomic E-state index is 0.0941. The van der Waals surface area contributed by atoms with Gasteiger partial charge in [-0.2, -0.15) is 0 Å². The number of aryl methyl sites for hydroxylation is 1. The highest BCUT2D eigenvalue weighted by atomic mass is 32.2. The molecule has 0 spiro atoms. The maximum atomic E-state index is 13.7. The van der Waals surface area contributed by atoms with E-state index in [1.165, 1.54) is 4.90 Å². The van der Waals surface area contributed by atoms with Crippen LogP contribution in [-0.4, -0.2) is 56.6 Å². The number of carbonyl (C=O) groups is 2. The first-order valence-corrected chi connectivity index (χ1v) is 13.7. The van der Waals surface area contributed by atoms with Gasteiger partial charge < -0.3 is 15.0 Å². The molecule has 35 heavy (non-hydrogen) atoms. The Balaban J connectivity index is 2.43. The molecule has 0 radical (unpaired) electrons. The van der Waals surface area contributed by atoms with Gasteiger partial charge in [-0.1, -0.05) is 31.2 Å². The van der Waals surface area contributed by atoms with Crippen molar-refractivity contribution in [2.24, 2.45) is 0 Å². The average Bonchev–Trinajstić information content (AvgIpc) is 2.78. The van der Waals surface area contributed by atoms with Gasteiger partial charge in [0.25, 0.3) is 0 Å². The summed E-state index contributed by atoms with van der Waals surface area (Å²) in [6.45, 7) is 9.60. The molecule has 2 aromatic carbocycles. The molecule has 1 atom stereocenters. The monoisotopic (exact) mass is 503 g/mol. The molecule has 0 unspecified atom stereocenters. The molecule has 0 saturated carbocycles. The van der Waals surface area contributed by atoms with Gasteiger partial charge in [-0.3, -0.25) is 13.9 Å². The van der Waals surface area contributed by atoms with Crippen LogP contribution in [0.2, 0.25) is 0 Å². The molecular weight excluding hydrogens is 466 g/mol. The average molecular weight is 504 g/mol. The maximum absolute atomic E-state index is 13.7. The molecule has 2 aromatic rings. The summed E-state index contributed by atoms with van der Waals surface area (Å²) in [4.78, 5) is 28.2. The fourth-order valence-corrected chi connectivity index (χ4v) is 4.61. The van der Waals surface area contributed by atoms with E-state index in [9.17, 15) is 18.0 Å². The lowest BCUT2D eigenvalue weighted by molar-refractivity contribution is -0.140. The SMILES string of the molecule is CCOc1ccc(N(CC(=O)N(Cc2ccccc2C)[C@H](CC)C(=O)NC(C)C)S(C)(=O)=O)cc1. The number of rotatable bonds is 12. The fraction of sp³-hybridized carbons (Fsp3) is 0.462. The number of hydrogen-bond donors (Lipinski definition) is 1. The number of carbonyl (C=O) groups excluding carboxylic acids is 2. The molecule has 1 N–H and O–H groups in total. The van der Waals surface area contributed by atoms with Crippen molar-refractivity contribution in [2.45, 2.75) is 59.7 Å². The van der Waals surface area contributed by atoms with E-state index in [0.29, 0.717) is 24.5 Å². The van der Waals surface area contributed by atoms with Gasteiger partial charge in [0.15, 0.2) is 0 Å². The summed E-state index contributed by atoms with van der Waals surface area (Å²) in [5.41, 5.74) is 2.22. The van der Waals surface area contributed by atoms with Crippen LogP contribution in [0.4, 0.5) is 5.69 Å². The second kappa shape index (κ2) is 12.6. The number of nitrogens with one attached hydrogen (secondary N) is 1. The van der Waals surface area contributed by atoms with Crippen LogP contribution in [0, 0.1) is 6.92 Å². The van der Waals surface area contributed by atoms with Crippen LogP contribution in [0.3, 0.4) is 0 Å².